The van der Waals surface area contributed by atoms with Crippen molar-refractivity contribution in [3.8, 4) is 0 Å². The lowest BCUT2D eigenvalue weighted by atomic mass is 10.2. The van der Waals surface area contributed by atoms with E-state index < -0.39 is 0 Å². The summed E-state index contributed by atoms with van der Waals surface area (Å²) in [6.45, 7) is 0.630. The van der Waals surface area contributed by atoms with Crippen LogP contribution in [0.25, 0.3) is 0 Å². The van der Waals surface area contributed by atoms with Gasteiger partial charge in [-0.2, -0.15) is 0 Å². The van der Waals surface area contributed by atoms with Crippen molar-refractivity contribution in [2.75, 3.05) is 17.2 Å². The average molecular weight is 343 g/mol. The molecule has 1 aromatic heterocycles. The number of amides is 2. The van der Waals surface area contributed by atoms with Gasteiger partial charge >= 0.3 is 0 Å². The topological polar surface area (TPSA) is 83.2 Å². The molecule has 2 amide bonds. The smallest absolute Gasteiger partial charge is 0.258 e. The predicted octanol–water partition coefficient (Wildman–Crippen LogP) is 3.11. The van der Waals surface area contributed by atoms with Crippen LogP contribution in [-0.4, -0.2) is 29.5 Å². The van der Waals surface area contributed by atoms with Gasteiger partial charge in [-0.15, -0.1) is 0 Å². The van der Waals surface area contributed by atoms with Crippen LogP contribution in [0.1, 0.15) is 23.2 Å². The van der Waals surface area contributed by atoms with E-state index in [2.05, 4.69) is 15.6 Å². The maximum atomic E-state index is 12.2. The largest absolute Gasteiger partial charge is 0.368 e. The monoisotopic (exact) mass is 343 g/mol. The summed E-state index contributed by atoms with van der Waals surface area (Å²) < 4.78 is 5.73. The van der Waals surface area contributed by atoms with E-state index >= 15 is 0 Å². The maximum Gasteiger partial charge on any atom is 0.258 e. The Bertz CT molecular complexity index is 795. The Morgan fingerprint density at radius 3 is 2.46 bits per heavy atom. The van der Waals surface area contributed by atoms with Crippen molar-refractivity contribution >= 4 is 35.4 Å². The molecule has 2 heterocycles. The van der Waals surface area contributed by atoms with Gasteiger partial charge in [0.2, 0.25) is 0 Å². The molecule has 0 saturated carbocycles. The predicted molar refractivity (Wildman–Crippen MR) is 93.6 cm³/mol. The third kappa shape index (κ3) is 3.87. The molecule has 0 aliphatic carbocycles. The molecular weight excluding hydrogens is 326 g/mol. The van der Waals surface area contributed by atoms with Gasteiger partial charge in [-0.05, 0) is 49.2 Å². The molecule has 2 aromatic rings. The first-order valence-electron chi connectivity index (χ1n) is 7.65. The van der Waals surface area contributed by atoms with Crippen molar-refractivity contribution in [3.63, 3.8) is 0 Å². The minimum Gasteiger partial charge on any atom is -0.368 e. The van der Waals surface area contributed by atoms with Crippen LogP contribution in [0, 0.1) is 4.64 Å². The molecule has 124 valence electrons. The van der Waals surface area contributed by atoms with E-state index in [-0.39, 0.29) is 17.9 Å². The van der Waals surface area contributed by atoms with E-state index in [1.165, 1.54) is 0 Å². The Morgan fingerprint density at radius 1 is 1.12 bits per heavy atom. The van der Waals surface area contributed by atoms with Crippen molar-refractivity contribution in [1.82, 2.24) is 4.98 Å². The van der Waals surface area contributed by atoms with Crippen LogP contribution >= 0.6 is 12.2 Å². The standard InChI is InChI=1S/C17H17N3O3S/c21-15(13-3-1-9-18-17(13)24)19-11-5-7-12(8-6-11)20-16(22)14-4-2-10-23-14/h1,3,5-9,14H,2,4,10H2,(H,18,24)(H,19,21)(H,20,22)/t14-/m1/s1. The highest BCUT2D eigenvalue weighted by Crippen LogP contribution is 2.18. The second-order valence-electron chi connectivity index (χ2n) is 5.44. The van der Waals surface area contributed by atoms with Crippen molar-refractivity contribution in [3.05, 3.63) is 52.8 Å². The number of anilines is 2. The molecule has 0 spiro atoms. The highest BCUT2D eigenvalue weighted by Gasteiger charge is 2.23. The number of carbonyl (C=O) groups is 2. The average Bonchev–Trinajstić information content (AvgIpc) is 3.11. The van der Waals surface area contributed by atoms with Gasteiger partial charge in [0.15, 0.2) is 0 Å². The quantitative estimate of drug-likeness (QED) is 0.745. The molecule has 1 aromatic carbocycles. The zero-order valence-electron chi connectivity index (χ0n) is 12.9. The lowest BCUT2D eigenvalue weighted by Crippen LogP contribution is -2.26. The van der Waals surface area contributed by atoms with E-state index in [0.29, 0.717) is 28.2 Å². The summed E-state index contributed by atoms with van der Waals surface area (Å²) >= 11 is 5.09. The zero-order valence-corrected chi connectivity index (χ0v) is 13.7. The summed E-state index contributed by atoms with van der Waals surface area (Å²) in [5.74, 6) is -0.423. The van der Waals surface area contributed by atoms with Gasteiger partial charge < -0.3 is 20.4 Å². The Hall–Kier alpha value is -2.51. The zero-order chi connectivity index (χ0) is 16.9. The van der Waals surface area contributed by atoms with Gasteiger partial charge in [-0.1, -0.05) is 12.2 Å². The first-order chi connectivity index (χ1) is 11.6. The van der Waals surface area contributed by atoms with Crippen molar-refractivity contribution < 1.29 is 14.3 Å². The molecule has 0 radical (unpaired) electrons. The summed E-state index contributed by atoms with van der Waals surface area (Å²) in [5.41, 5.74) is 1.68. The number of H-pyrrole nitrogens is 1. The molecular formula is C17H17N3O3S. The third-order valence-electron chi connectivity index (χ3n) is 3.70. The summed E-state index contributed by atoms with van der Waals surface area (Å²) in [4.78, 5) is 27.0. The van der Waals surface area contributed by atoms with E-state index in [4.69, 9.17) is 17.0 Å². The number of aromatic amines is 1. The Kier molecular flexibility index (Phi) is 5.02. The van der Waals surface area contributed by atoms with Gasteiger partial charge in [0, 0.05) is 24.2 Å². The molecule has 1 aliphatic rings. The number of rotatable bonds is 4. The SMILES string of the molecule is O=C(Nc1ccc(NC(=O)[C@H]2CCCO2)cc1)c1ccc[nH]c1=S. The number of carbonyl (C=O) groups excluding carboxylic acids is 2. The number of ether oxygens (including phenoxy) is 1. The van der Waals surface area contributed by atoms with Crippen LogP contribution in [0.4, 0.5) is 11.4 Å². The molecule has 7 heteroatoms. The summed E-state index contributed by atoms with van der Waals surface area (Å²) in [6, 6.07) is 10.3. The molecule has 3 N–H and O–H groups in total. The lowest BCUT2D eigenvalue weighted by Gasteiger charge is -2.11. The molecule has 3 rings (SSSR count). The number of hydrogen-bond acceptors (Lipinski definition) is 4. The fourth-order valence-corrected chi connectivity index (χ4v) is 2.67. The van der Waals surface area contributed by atoms with Gasteiger partial charge in [0.25, 0.3) is 11.8 Å². The molecule has 1 fully saturated rings. The molecule has 1 atom stereocenters. The second-order valence-corrected chi connectivity index (χ2v) is 5.84. The van der Waals surface area contributed by atoms with E-state index in [0.717, 1.165) is 12.8 Å². The van der Waals surface area contributed by atoms with Crippen LogP contribution in [0.15, 0.2) is 42.6 Å². The number of benzene rings is 1. The van der Waals surface area contributed by atoms with Crippen LogP contribution in [0.3, 0.4) is 0 Å². The van der Waals surface area contributed by atoms with Crippen LogP contribution in [0.5, 0.6) is 0 Å². The van der Waals surface area contributed by atoms with Gasteiger partial charge in [0.1, 0.15) is 10.7 Å². The van der Waals surface area contributed by atoms with Crippen molar-refractivity contribution in [2.24, 2.45) is 0 Å². The number of aromatic nitrogens is 1. The van der Waals surface area contributed by atoms with E-state index in [1.54, 1.807) is 42.6 Å². The first-order valence-corrected chi connectivity index (χ1v) is 8.06. The van der Waals surface area contributed by atoms with Crippen LogP contribution in [0.2, 0.25) is 0 Å². The van der Waals surface area contributed by atoms with Gasteiger partial charge in [-0.3, -0.25) is 9.59 Å². The minimum absolute atomic E-state index is 0.139. The summed E-state index contributed by atoms with van der Waals surface area (Å²) in [5, 5.41) is 5.58. The van der Waals surface area contributed by atoms with Crippen molar-refractivity contribution in [1.29, 1.82) is 0 Å². The minimum atomic E-state index is -0.371. The molecule has 0 unspecified atom stereocenters. The second kappa shape index (κ2) is 7.37. The Balaban J connectivity index is 1.62. The first kappa shape index (κ1) is 16.4. The number of nitrogens with one attached hydrogen (secondary N) is 3. The van der Waals surface area contributed by atoms with Gasteiger partial charge in [-0.25, -0.2) is 0 Å². The third-order valence-corrected chi connectivity index (χ3v) is 4.03. The van der Waals surface area contributed by atoms with Gasteiger partial charge in [0.05, 0.1) is 5.56 Å². The molecule has 1 aliphatic heterocycles. The van der Waals surface area contributed by atoms with E-state index in [1.807, 2.05) is 0 Å². The molecule has 24 heavy (non-hydrogen) atoms. The molecule has 0 bridgehead atoms. The van der Waals surface area contributed by atoms with E-state index in [9.17, 15) is 9.59 Å². The number of hydrogen-bond donors (Lipinski definition) is 3. The normalized spacial score (nSPS) is 16.6. The fourth-order valence-electron chi connectivity index (χ4n) is 2.44. The summed E-state index contributed by atoms with van der Waals surface area (Å²) in [6.07, 6.45) is 2.96. The molecule has 6 nitrogen and oxygen atoms in total. The van der Waals surface area contributed by atoms with Crippen LogP contribution < -0.4 is 10.6 Å². The highest BCUT2D eigenvalue weighted by molar-refractivity contribution is 7.71. The Labute approximate surface area is 144 Å². The highest BCUT2D eigenvalue weighted by atomic mass is 32.1. The lowest BCUT2D eigenvalue weighted by molar-refractivity contribution is -0.124. The summed E-state index contributed by atoms with van der Waals surface area (Å²) in [7, 11) is 0. The molecule has 1 saturated heterocycles. The Morgan fingerprint density at radius 2 is 1.83 bits per heavy atom. The number of pyridine rings is 1. The van der Waals surface area contributed by atoms with Crippen molar-refractivity contribution in [2.45, 2.75) is 18.9 Å². The fraction of sp³-hybridized carbons (Fsp3) is 0.235. The maximum absolute atomic E-state index is 12.2. The van der Waals surface area contributed by atoms with Crippen LogP contribution in [-0.2, 0) is 9.53 Å².